The summed E-state index contributed by atoms with van der Waals surface area (Å²) in [4.78, 5) is 26.0. The maximum absolute atomic E-state index is 12.2. The van der Waals surface area contributed by atoms with Crippen LogP contribution in [0.15, 0.2) is 54.6 Å². The molecule has 0 saturated carbocycles. The number of benzene rings is 2. The molecule has 1 aliphatic rings. The summed E-state index contributed by atoms with van der Waals surface area (Å²) in [6, 6.07) is 17.0. The van der Waals surface area contributed by atoms with E-state index in [1.54, 1.807) is 17.0 Å². The Hall–Kier alpha value is -2.66. The number of amides is 2. The number of rotatable bonds is 5. The molecule has 3 rings (SSSR count). The number of anilines is 1. The van der Waals surface area contributed by atoms with E-state index >= 15 is 0 Å². The van der Waals surface area contributed by atoms with Crippen molar-refractivity contribution in [1.82, 2.24) is 5.32 Å². The minimum absolute atomic E-state index is 0.0292. The highest BCUT2D eigenvalue weighted by Gasteiger charge is 2.27. The van der Waals surface area contributed by atoms with Gasteiger partial charge in [-0.2, -0.15) is 0 Å². The van der Waals surface area contributed by atoms with Crippen LogP contribution in [-0.2, 0) is 16.0 Å². The van der Waals surface area contributed by atoms with Gasteiger partial charge in [-0.1, -0.05) is 37.3 Å². The molecule has 0 aliphatic carbocycles. The molecule has 1 atom stereocenters. The standard InChI is InChI=1S/C20H22N2O3/c1-2-15-8-10-17(11-9-15)22-13-18(25-14-19(22)23)12-21-20(24)16-6-4-3-5-7-16/h3-11,18H,2,12-14H2,1H3,(H,21,24). The highest BCUT2D eigenvalue weighted by molar-refractivity contribution is 5.95. The van der Waals surface area contributed by atoms with Gasteiger partial charge >= 0.3 is 0 Å². The SMILES string of the molecule is CCc1ccc(N2CC(CNC(=O)c3ccccc3)OCC2=O)cc1. The van der Waals surface area contributed by atoms with Gasteiger partial charge in [0.15, 0.2) is 0 Å². The quantitative estimate of drug-likeness (QED) is 0.911. The lowest BCUT2D eigenvalue weighted by Crippen LogP contribution is -2.50. The molecule has 130 valence electrons. The number of hydrogen-bond donors (Lipinski definition) is 1. The van der Waals surface area contributed by atoms with Gasteiger partial charge in [-0.3, -0.25) is 9.59 Å². The second-order valence-corrected chi connectivity index (χ2v) is 6.03. The Bertz CT molecular complexity index is 728. The molecule has 0 aromatic heterocycles. The van der Waals surface area contributed by atoms with Gasteiger partial charge < -0.3 is 15.0 Å². The van der Waals surface area contributed by atoms with Crippen molar-refractivity contribution in [3.8, 4) is 0 Å². The van der Waals surface area contributed by atoms with E-state index < -0.39 is 0 Å². The van der Waals surface area contributed by atoms with Crippen LogP contribution in [0.4, 0.5) is 5.69 Å². The number of carbonyl (C=O) groups excluding carboxylic acids is 2. The zero-order chi connectivity index (χ0) is 17.6. The van der Waals surface area contributed by atoms with Crippen molar-refractivity contribution < 1.29 is 14.3 Å². The Morgan fingerprint density at radius 1 is 1.16 bits per heavy atom. The Morgan fingerprint density at radius 2 is 1.88 bits per heavy atom. The lowest BCUT2D eigenvalue weighted by atomic mass is 10.1. The van der Waals surface area contributed by atoms with Crippen LogP contribution in [0.25, 0.3) is 0 Å². The van der Waals surface area contributed by atoms with E-state index in [4.69, 9.17) is 4.74 Å². The van der Waals surface area contributed by atoms with Gasteiger partial charge in [0.05, 0.1) is 12.6 Å². The molecule has 0 spiro atoms. The molecule has 0 radical (unpaired) electrons. The Morgan fingerprint density at radius 3 is 2.56 bits per heavy atom. The van der Waals surface area contributed by atoms with Crippen LogP contribution in [-0.4, -0.2) is 37.6 Å². The molecule has 1 unspecified atom stereocenters. The summed E-state index contributed by atoms with van der Waals surface area (Å²) in [6.07, 6.45) is 0.738. The summed E-state index contributed by atoms with van der Waals surface area (Å²) in [5.74, 6) is -0.199. The van der Waals surface area contributed by atoms with Crippen LogP contribution < -0.4 is 10.2 Å². The molecule has 5 nitrogen and oxygen atoms in total. The molecular weight excluding hydrogens is 316 g/mol. The molecule has 1 N–H and O–H groups in total. The topological polar surface area (TPSA) is 58.6 Å². The van der Waals surface area contributed by atoms with Crippen molar-refractivity contribution in [3.05, 3.63) is 65.7 Å². The number of carbonyl (C=O) groups is 2. The van der Waals surface area contributed by atoms with E-state index in [9.17, 15) is 9.59 Å². The van der Waals surface area contributed by atoms with E-state index in [0.29, 0.717) is 18.7 Å². The summed E-state index contributed by atoms with van der Waals surface area (Å²) < 4.78 is 5.57. The van der Waals surface area contributed by atoms with Crippen molar-refractivity contribution in [3.63, 3.8) is 0 Å². The van der Waals surface area contributed by atoms with Crippen LogP contribution >= 0.6 is 0 Å². The van der Waals surface area contributed by atoms with Crippen LogP contribution in [0, 0.1) is 0 Å². The van der Waals surface area contributed by atoms with Gasteiger partial charge in [0.25, 0.3) is 11.8 Å². The van der Waals surface area contributed by atoms with Crippen LogP contribution in [0.3, 0.4) is 0 Å². The fourth-order valence-electron chi connectivity index (χ4n) is 2.81. The molecule has 5 heteroatoms. The second kappa shape index (κ2) is 7.94. The number of hydrogen-bond acceptors (Lipinski definition) is 3. The van der Waals surface area contributed by atoms with Crippen molar-refractivity contribution in [2.45, 2.75) is 19.4 Å². The molecule has 2 amide bonds. The fourth-order valence-corrected chi connectivity index (χ4v) is 2.81. The van der Waals surface area contributed by atoms with E-state index in [0.717, 1.165) is 12.1 Å². The third-order valence-electron chi connectivity index (χ3n) is 4.31. The summed E-state index contributed by atoms with van der Waals surface area (Å²) in [5, 5.41) is 2.87. The molecule has 0 bridgehead atoms. The molecule has 1 saturated heterocycles. The first-order valence-corrected chi connectivity index (χ1v) is 8.51. The van der Waals surface area contributed by atoms with E-state index in [-0.39, 0.29) is 24.5 Å². The summed E-state index contributed by atoms with van der Waals surface area (Å²) in [6.45, 7) is 2.92. The first-order chi connectivity index (χ1) is 12.2. The summed E-state index contributed by atoms with van der Waals surface area (Å²) >= 11 is 0. The van der Waals surface area contributed by atoms with Crippen LogP contribution in [0.1, 0.15) is 22.8 Å². The number of morpholine rings is 1. The van der Waals surface area contributed by atoms with Gasteiger partial charge in [-0.15, -0.1) is 0 Å². The number of nitrogens with zero attached hydrogens (tertiary/aromatic N) is 1. The molecule has 1 fully saturated rings. The molecule has 1 heterocycles. The Balaban J connectivity index is 1.60. The predicted molar refractivity (Wildman–Crippen MR) is 96.7 cm³/mol. The lowest BCUT2D eigenvalue weighted by Gasteiger charge is -2.33. The van der Waals surface area contributed by atoms with E-state index in [1.165, 1.54) is 5.56 Å². The van der Waals surface area contributed by atoms with Gasteiger partial charge in [0.1, 0.15) is 6.61 Å². The zero-order valence-corrected chi connectivity index (χ0v) is 14.3. The predicted octanol–water partition coefficient (Wildman–Crippen LogP) is 2.41. The van der Waals surface area contributed by atoms with Crippen molar-refractivity contribution in [1.29, 1.82) is 0 Å². The zero-order valence-electron chi connectivity index (χ0n) is 14.3. The molecular formula is C20H22N2O3. The van der Waals surface area contributed by atoms with Crippen LogP contribution in [0.5, 0.6) is 0 Å². The molecule has 25 heavy (non-hydrogen) atoms. The van der Waals surface area contributed by atoms with Crippen molar-refractivity contribution in [2.24, 2.45) is 0 Å². The average molecular weight is 338 g/mol. The van der Waals surface area contributed by atoms with Crippen LogP contribution in [0.2, 0.25) is 0 Å². The molecule has 2 aromatic rings. The normalized spacial score (nSPS) is 17.4. The summed E-state index contributed by atoms with van der Waals surface area (Å²) in [7, 11) is 0. The third-order valence-corrected chi connectivity index (χ3v) is 4.31. The summed E-state index contributed by atoms with van der Waals surface area (Å²) in [5.41, 5.74) is 2.71. The minimum Gasteiger partial charge on any atom is -0.365 e. The van der Waals surface area contributed by atoms with Gasteiger partial charge in [0.2, 0.25) is 0 Å². The maximum Gasteiger partial charge on any atom is 0.253 e. The smallest absolute Gasteiger partial charge is 0.253 e. The first kappa shape index (κ1) is 17.2. The Kier molecular flexibility index (Phi) is 5.46. The van der Waals surface area contributed by atoms with Gasteiger partial charge in [0, 0.05) is 17.8 Å². The highest BCUT2D eigenvalue weighted by Crippen LogP contribution is 2.19. The highest BCUT2D eigenvalue weighted by atomic mass is 16.5. The van der Waals surface area contributed by atoms with E-state index in [2.05, 4.69) is 12.2 Å². The first-order valence-electron chi connectivity index (χ1n) is 8.51. The monoisotopic (exact) mass is 338 g/mol. The molecule has 1 aliphatic heterocycles. The second-order valence-electron chi connectivity index (χ2n) is 6.03. The van der Waals surface area contributed by atoms with E-state index in [1.807, 2.05) is 42.5 Å². The largest absolute Gasteiger partial charge is 0.365 e. The lowest BCUT2D eigenvalue weighted by molar-refractivity contribution is -0.129. The molecule has 2 aromatic carbocycles. The Labute approximate surface area is 147 Å². The van der Waals surface area contributed by atoms with Gasteiger partial charge in [-0.05, 0) is 36.2 Å². The number of nitrogens with one attached hydrogen (secondary N) is 1. The van der Waals surface area contributed by atoms with Crippen molar-refractivity contribution in [2.75, 3.05) is 24.6 Å². The minimum atomic E-state index is -0.226. The third kappa shape index (κ3) is 4.25. The maximum atomic E-state index is 12.2. The average Bonchev–Trinajstić information content (AvgIpc) is 2.68. The number of ether oxygens (including phenoxy) is 1. The fraction of sp³-hybridized carbons (Fsp3) is 0.300. The number of aryl methyl sites for hydroxylation is 1. The van der Waals surface area contributed by atoms with Gasteiger partial charge in [-0.25, -0.2) is 0 Å². The van der Waals surface area contributed by atoms with Crippen molar-refractivity contribution >= 4 is 17.5 Å².